The van der Waals surface area contributed by atoms with Gasteiger partial charge in [0.25, 0.3) is 0 Å². The molecule has 0 amide bonds. The summed E-state index contributed by atoms with van der Waals surface area (Å²) in [5.74, 6) is 0.909. The molecule has 4 heteroatoms. The minimum absolute atomic E-state index is 0.149. The highest BCUT2D eigenvalue weighted by Crippen LogP contribution is 2.24. The first-order valence-electron chi connectivity index (χ1n) is 7.13. The van der Waals surface area contributed by atoms with Gasteiger partial charge in [0, 0.05) is 23.9 Å². The van der Waals surface area contributed by atoms with Crippen LogP contribution < -0.4 is 5.73 Å². The maximum Gasteiger partial charge on any atom is 0.123 e. The van der Waals surface area contributed by atoms with E-state index in [1.165, 1.54) is 6.07 Å². The summed E-state index contributed by atoms with van der Waals surface area (Å²) in [5.41, 5.74) is 6.90. The first-order chi connectivity index (χ1) is 9.46. The van der Waals surface area contributed by atoms with Crippen molar-refractivity contribution < 1.29 is 4.39 Å². The van der Waals surface area contributed by atoms with Crippen LogP contribution in [0, 0.1) is 5.82 Å². The highest BCUT2D eigenvalue weighted by Gasteiger charge is 2.32. The molecule has 2 nitrogen and oxygen atoms in total. The van der Waals surface area contributed by atoms with Gasteiger partial charge >= 0.3 is 0 Å². The van der Waals surface area contributed by atoms with E-state index in [9.17, 15) is 4.39 Å². The summed E-state index contributed by atoms with van der Waals surface area (Å²) < 4.78 is 13.3. The van der Waals surface area contributed by atoms with Crippen molar-refractivity contribution in [1.29, 1.82) is 0 Å². The molecule has 0 saturated heterocycles. The molecule has 20 heavy (non-hydrogen) atoms. The third kappa shape index (κ3) is 4.47. The normalized spacial score (nSPS) is 16.1. The van der Waals surface area contributed by atoms with Gasteiger partial charge < -0.3 is 5.73 Å². The van der Waals surface area contributed by atoms with Crippen molar-refractivity contribution in [3.8, 4) is 0 Å². The number of likely N-dealkylation sites (N-methyl/N-ethyl adjacent to an activating group) is 1. The number of nitrogens with two attached hydrogens (primary N) is 1. The van der Waals surface area contributed by atoms with E-state index in [1.807, 2.05) is 17.8 Å². The second-order valence-electron chi connectivity index (χ2n) is 5.64. The summed E-state index contributed by atoms with van der Waals surface area (Å²) in [6.07, 6.45) is 3.99. The second-order valence-corrected chi connectivity index (χ2v) is 6.55. The van der Waals surface area contributed by atoms with Crippen LogP contribution in [-0.2, 0) is 6.42 Å². The van der Waals surface area contributed by atoms with Gasteiger partial charge in [0.15, 0.2) is 0 Å². The van der Waals surface area contributed by atoms with Crippen LogP contribution in [-0.4, -0.2) is 42.1 Å². The molecule has 0 aliphatic rings. The van der Waals surface area contributed by atoms with Gasteiger partial charge in [-0.25, -0.2) is 4.39 Å². The third-order valence-electron chi connectivity index (χ3n) is 4.14. The average molecular weight is 298 g/mol. The summed E-state index contributed by atoms with van der Waals surface area (Å²) >= 11 is 1.86. The molecule has 0 bridgehead atoms. The SMILES string of the molecule is CCC(CSC)N(C)C(C)(CN)Cc1cccc(F)c1. The fourth-order valence-corrected chi connectivity index (χ4v) is 3.41. The van der Waals surface area contributed by atoms with E-state index >= 15 is 0 Å². The Balaban J connectivity index is 2.89. The zero-order chi connectivity index (χ0) is 15.2. The lowest BCUT2D eigenvalue weighted by Gasteiger charge is -2.43. The molecule has 1 rings (SSSR count). The monoisotopic (exact) mass is 298 g/mol. The first kappa shape index (κ1) is 17.5. The van der Waals surface area contributed by atoms with Gasteiger partial charge in [-0.15, -0.1) is 0 Å². The lowest BCUT2D eigenvalue weighted by atomic mass is 9.89. The number of halogens is 1. The average Bonchev–Trinajstić information content (AvgIpc) is 2.44. The molecular weight excluding hydrogens is 271 g/mol. The van der Waals surface area contributed by atoms with E-state index in [0.717, 1.165) is 24.2 Å². The zero-order valence-electron chi connectivity index (χ0n) is 13.0. The Morgan fingerprint density at radius 2 is 2.15 bits per heavy atom. The van der Waals surface area contributed by atoms with E-state index in [2.05, 4.69) is 32.1 Å². The molecule has 0 aliphatic carbocycles. The molecular formula is C16H27FN2S. The maximum atomic E-state index is 13.3. The topological polar surface area (TPSA) is 29.3 Å². The largest absolute Gasteiger partial charge is 0.329 e. The molecule has 2 N–H and O–H groups in total. The third-order valence-corrected chi connectivity index (χ3v) is 4.86. The summed E-state index contributed by atoms with van der Waals surface area (Å²) in [4.78, 5) is 2.37. The van der Waals surface area contributed by atoms with Gasteiger partial charge in [0.1, 0.15) is 5.82 Å². The Morgan fingerprint density at radius 3 is 2.65 bits per heavy atom. The predicted octanol–water partition coefficient (Wildman–Crippen LogP) is 3.16. The van der Waals surface area contributed by atoms with Crippen molar-refractivity contribution in [2.24, 2.45) is 5.73 Å². The molecule has 0 fully saturated rings. The van der Waals surface area contributed by atoms with Crippen LogP contribution in [0.25, 0.3) is 0 Å². The summed E-state index contributed by atoms with van der Waals surface area (Å²) in [7, 11) is 2.14. The van der Waals surface area contributed by atoms with E-state index in [4.69, 9.17) is 5.73 Å². The van der Waals surface area contributed by atoms with Crippen LogP contribution in [0.5, 0.6) is 0 Å². The fourth-order valence-electron chi connectivity index (χ4n) is 2.56. The van der Waals surface area contributed by atoms with Gasteiger partial charge in [-0.2, -0.15) is 11.8 Å². The van der Waals surface area contributed by atoms with Crippen molar-refractivity contribution in [2.75, 3.05) is 25.6 Å². The Hall–Kier alpha value is -0.580. The van der Waals surface area contributed by atoms with Gasteiger partial charge in [0.2, 0.25) is 0 Å². The minimum Gasteiger partial charge on any atom is -0.329 e. The van der Waals surface area contributed by atoms with E-state index < -0.39 is 0 Å². The predicted molar refractivity (Wildman–Crippen MR) is 87.8 cm³/mol. The van der Waals surface area contributed by atoms with Crippen molar-refractivity contribution in [2.45, 2.75) is 38.3 Å². The molecule has 2 atom stereocenters. The smallest absolute Gasteiger partial charge is 0.123 e. The molecule has 0 radical (unpaired) electrons. The Labute approximate surface area is 126 Å². The van der Waals surface area contributed by atoms with E-state index in [-0.39, 0.29) is 11.4 Å². The summed E-state index contributed by atoms with van der Waals surface area (Å²) in [6.45, 7) is 4.93. The highest BCUT2D eigenvalue weighted by atomic mass is 32.2. The number of rotatable bonds is 8. The molecule has 0 spiro atoms. The van der Waals surface area contributed by atoms with Crippen LogP contribution in [0.4, 0.5) is 4.39 Å². The molecule has 2 unspecified atom stereocenters. The highest BCUT2D eigenvalue weighted by molar-refractivity contribution is 7.98. The first-order valence-corrected chi connectivity index (χ1v) is 8.52. The fraction of sp³-hybridized carbons (Fsp3) is 0.625. The van der Waals surface area contributed by atoms with Crippen LogP contribution in [0.1, 0.15) is 25.8 Å². The number of benzene rings is 1. The van der Waals surface area contributed by atoms with Crippen LogP contribution >= 0.6 is 11.8 Å². The number of hydrogen-bond donors (Lipinski definition) is 1. The molecule has 1 aromatic carbocycles. The molecule has 0 heterocycles. The number of nitrogens with zero attached hydrogens (tertiary/aromatic N) is 1. The molecule has 0 aromatic heterocycles. The summed E-state index contributed by atoms with van der Waals surface area (Å²) in [5, 5.41) is 0. The van der Waals surface area contributed by atoms with Crippen molar-refractivity contribution in [1.82, 2.24) is 4.90 Å². The summed E-state index contributed by atoms with van der Waals surface area (Å²) in [6, 6.07) is 7.32. The quantitative estimate of drug-likeness (QED) is 0.799. The Kier molecular flexibility index (Phi) is 7.00. The molecule has 114 valence electrons. The standard InChI is InChI=1S/C16H27FN2S/c1-5-15(11-20-4)19(3)16(2,12-18)10-13-7-6-8-14(17)9-13/h6-9,15H,5,10-12,18H2,1-4H3. The van der Waals surface area contributed by atoms with E-state index in [1.54, 1.807) is 12.1 Å². The lowest BCUT2D eigenvalue weighted by Crippen LogP contribution is -2.55. The maximum absolute atomic E-state index is 13.3. The number of hydrogen-bond acceptors (Lipinski definition) is 3. The number of thioether (sulfide) groups is 1. The molecule has 0 saturated carbocycles. The molecule has 1 aromatic rings. The van der Waals surface area contributed by atoms with Crippen LogP contribution in [0.2, 0.25) is 0 Å². The van der Waals surface area contributed by atoms with Crippen LogP contribution in [0.15, 0.2) is 24.3 Å². The second kappa shape index (κ2) is 8.01. The lowest BCUT2D eigenvalue weighted by molar-refractivity contribution is 0.100. The van der Waals surface area contributed by atoms with Crippen molar-refractivity contribution >= 4 is 11.8 Å². The Morgan fingerprint density at radius 1 is 1.45 bits per heavy atom. The van der Waals surface area contributed by atoms with Crippen molar-refractivity contribution in [3.63, 3.8) is 0 Å². The van der Waals surface area contributed by atoms with Crippen molar-refractivity contribution in [3.05, 3.63) is 35.6 Å². The van der Waals surface area contributed by atoms with E-state index in [0.29, 0.717) is 12.6 Å². The van der Waals surface area contributed by atoms with Gasteiger partial charge in [-0.05, 0) is 50.8 Å². The zero-order valence-corrected chi connectivity index (χ0v) is 13.8. The van der Waals surface area contributed by atoms with Gasteiger partial charge in [-0.1, -0.05) is 19.1 Å². The minimum atomic E-state index is -0.180. The molecule has 0 aliphatic heterocycles. The van der Waals surface area contributed by atoms with Gasteiger partial charge in [-0.3, -0.25) is 4.90 Å². The van der Waals surface area contributed by atoms with Crippen LogP contribution in [0.3, 0.4) is 0 Å². The van der Waals surface area contributed by atoms with Gasteiger partial charge in [0.05, 0.1) is 0 Å². The Bertz CT molecular complexity index is 413.